The average Bonchev–Trinajstić information content (AvgIpc) is 3.35. The van der Waals surface area contributed by atoms with Gasteiger partial charge < -0.3 is 14.0 Å². The number of hydrogen-bond acceptors (Lipinski definition) is 2. The second-order valence-electron chi connectivity index (χ2n) is 19.8. The van der Waals surface area contributed by atoms with Gasteiger partial charge in [-0.2, -0.15) is 52.7 Å². The molecular formula is C53H50F12NO2+. The van der Waals surface area contributed by atoms with Gasteiger partial charge in [0.25, 0.3) is 0 Å². The Morgan fingerprint density at radius 1 is 0.485 bits per heavy atom. The first-order chi connectivity index (χ1) is 31.2. The Hall–Kier alpha value is -5.70. The lowest BCUT2D eigenvalue weighted by Crippen LogP contribution is -2.44. The number of hydrogen-bond donors (Lipinski definition) is 0. The molecule has 1 atom stereocenters. The van der Waals surface area contributed by atoms with Crippen molar-refractivity contribution < 1.29 is 66.6 Å². The number of ether oxygens (including phenoxy) is 2. The van der Waals surface area contributed by atoms with E-state index in [0.717, 1.165) is 16.3 Å². The fourth-order valence-corrected chi connectivity index (χ4v) is 9.57. The molecule has 3 nitrogen and oxygen atoms in total. The molecule has 15 heteroatoms. The maximum Gasteiger partial charge on any atom is 0.416 e. The summed E-state index contributed by atoms with van der Waals surface area (Å²) in [4.78, 5) is 0. The van der Waals surface area contributed by atoms with Crippen molar-refractivity contribution in [3.8, 4) is 44.9 Å². The summed E-state index contributed by atoms with van der Waals surface area (Å²) < 4.78 is 189. The Morgan fingerprint density at radius 2 is 0.838 bits per heavy atom. The number of quaternary nitrogens is 1. The molecule has 362 valence electrons. The lowest BCUT2D eigenvalue weighted by molar-refractivity contribution is -0.962. The monoisotopic (exact) mass is 960 g/mol. The predicted octanol–water partition coefficient (Wildman–Crippen LogP) is 16.7. The second kappa shape index (κ2) is 16.8. The molecule has 0 aromatic heterocycles. The van der Waals surface area contributed by atoms with Crippen molar-refractivity contribution in [2.45, 2.75) is 103 Å². The highest BCUT2D eigenvalue weighted by molar-refractivity contribution is 5.92. The van der Waals surface area contributed by atoms with E-state index in [-0.39, 0.29) is 74.6 Å². The van der Waals surface area contributed by atoms with E-state index in [1.54, 1.807) is 60.7 Å². The molecule has 7 rings (SSSR count). The SMILES string of the molecule is COc1c(C(C)(C)C)cc2c(c1-c1cc(C(F)(F)F)cc(C(F)(F)F)c1)C[N+](C)([C@@H](C)c1cccc3ccccc13)Cc1c-2cc(C(C)(C)C)c(OC)c1-c1cc(C(F)(F)F)cc(C(F)(F)F)c1. The summed E-state index contributed by atoms with van der Waals surface area (Å²) in [6, 6.07) is 18.6. The summed E-state index contributed by atoms with van der Waals surface area (Å²) in [5.41, 5.74) is -6.65. The number of alkyl halides is 12. The molecule has 68 heavy (non-hydrogen) atoms. The van der Waals surface area contributed by atoms with Crippen molar-refractivity contribution in [1.82, 2.24) is 0 Å². The van der Waals surface area contributed by atoms with Crippen LogP contribution >= 0.6 is 0 Å². The highest BCUT2D eigenvalue weighted by Gasteiger charge is 2.45. The van der Waals surface area contributed by atoms with Gasteiger partial charge in [0.05, 0.1) is 43.5 Å². The van der Waals surface area contributed by atoms with Crippen molar-refractivity contribution in [2.75, 3.05) is 21.3 Å². The van der Waals surface area contributed by atoms with Crippen LogP contribution in [0.25, 0.3) is 44.2 Å². The van der Waals surface area contributed by atoms with Crippen LogP contribution in [0.2, 0.25) is 0 Å². The number of nitrogens with zero attached hydrogens (tertiary/aromatic N) is 1. The lowest BCUT2D eigenvalue weighted by atomic mass is 9.76. The quantitative estimate of drug-likeness (QED) is 0.122. The molecule has 0 saturated heterocycles. The van der Waals surface area contributed by atoms with Gasteiger partial charge >= 0.3 is 24.7 Å². The van der Waals surface area contributed by atoms with Gasteiger partial charge in [-0.1, -0.05) is 84.0 Å². The van der Waals surface area contributed by atoms with Crippen LogP contribution in [-0.2, 0) is 48.6 Å². The van der Waals surface area contributed by atoms with Crippen molar-refractivity contribution in [3.63, 3.8) is 0 Å². The molecule has 0 spiro atoms. The summed E-state index contributed by atoms with van der Waals surface area (Å²) in [6.07, 6.45) is -20.9. The summed E-state index contributed by atoms with van der Waals surface area (Å²) >= 11 is 0. The Bertz CT molecular complexity index is 2700. The fourth-order valence-electron chi connectivity index (χ4n) is 9.57. The first-order valence-electron chi connectivity index (χ1n) is 21.6. The van der Waals surface area contributed by atoms with Crippen LogP contribution in [0.15, 0.2) is 91.0 Å². The third kappa shape index (κ3) is 9.26. The van der Waals surface area contributed by atoms with E-state index in [1.807, 2.05) is 49.4 Å². The molecule has 1 heterocycles. The third-order valence-electron chi connectivity index (χ3n) is 13.1. The van der Waals surface area contributed by atoms with E-state index in [0.29, 0.717) is 35.4 Å². The molecule has 0 bridgehead atoms. The van der Waals surface area contributed by atoms with Gasteiger partial charge in [0.15, 0.2) is 0 Å². The summed E-state index contributed by atoms with van der Waals surface area (Å²) in [5.74, 6) is -0.0111. The van der Waals surface area contributed by atoms with Crippen molar-refractivity contribution in [1.29, 1.82) is 0 Å². The number of benzene rings is 6. The van der Waals surface area contributed by atoms with Gasteiger partial charge in [-0.3, -0.25) is 0 Å². The van der Waals surface area contributed by atoms with Crippen LogP contribution in [-0.4, -0.2) is 25.8 Å². The molecule has 6 aromatic carbocycles. The summed E-state index contributed by atoms with van der Waals surface area (Å²) in [7, 11) is 4.33. The Balaban J connectivity index is 1.77. The van der Waals surface area contributed by atoms with Crippen LogP contribution < -0.4 is 9.47 Å². The molecule has 1 aliphatic rings. The normalized spacial score (nSPS) is 15.1. The van der Waals surface area contributed by atoms with Crippen LogP contribution in [0.5, 0.6) is 11.5 Å². The van der Waals surface area contributed by atoms with Crippen LogP contribution in [0, 0.1) is 0 Å². The standard InChI is InChI=1S/C53H50F12NO2/c1-28(36-17-13-15-29-14-11-12-16-37(29)36)66(8)26-40-38(24-42(48(2,3)4)46(67-9)44(40)30-18-32(50(54,55)56)22-33(19-30)51(57,58)59)39-25-43(49(5,6)7)47(68-10)45(41(39)27-66)31-20-34(52(60,61)62)23-35(21-31)53(63,64)65/h11-25,28H,26-27H2,1-10H3/q+1/t28-/m0/s1. The van der Waals surface area contributed by atoms with Crippen LogP contribution in [0.1, 0.15) is 105 Å². The zero-order chi connectivity index (χ0) is 50.5. The van der Waals surface area contributed by atoms with Crippen molar-refractivity contribution >= 4 is 10.8 Å². The molecule has 0 N–H and O–H groups in total. The first kappa shape index (κ1) is 50.2. The third-order valence-corrected chi connectivity index (χ3v) is 13.1. The van der Waals surface area contributed by atoms with Crippen LogP contribution in [0.3, 0.4) is 0 Å². The van der Waals surface area contributed by atoms with E-state index in [9.17, 15) is 52.7 Å². The topological polar surface area (TPSA) is 18.5 Å². The molecule has 0 aliphatic carbocycles. The molecule has 0 saturated carbocycles. The van der Waals surface area contributed by atoms with E-state index in [2.05, 4.69) is 0 Å². The zero-order valence-electron chi connectivity index (χ0n) is 39.0. The van der Waals surface area contributed by atoms with Gasteiger partial charge in [-0.25, -0.2) is 0 Å². The Morgan fingerprint density at radius 3 is 1.18 bits per heavy atom. The van der Waals surface area contributed by atoms with E-state index < -0.39 is 75.0 Å². The first-order valence-corrected chi connectivity index (χ1v) is 21.6. The largest absolute Gasteiger partial charge is 0.496 e. The van der Waals surface area contributed by atoms with E-state index in [1.165, 1.54) is 14.2 Å². The highest BCUT2D eigenvalue weighted by atomic mass is 19.4. The molecule has 0 amide bonds. The number of fused-ring (bicyclic) bond motifs is 4. The maximum atomic E-state index is 14.7. The molecule has 0 fully saturated rings. The molecular weight excluding hydrogens is 911 g/mol. The number of halogens is 12. The summed E-state index contributed by atoms with van der Waals surface area (Å²) in [5, 5.41) is 1.66. The van der Waals surface area contributed by atoms with Crippen LogP contribution in [0.4, 0.5) is 52.7 Å². The highest BCUT2D eigenvalue weighted by Crippen LogP contribution is 2.56. The van der Waals surface area contributed by atoms with Gasteiger partial charge in [-0.05, 0) is 99.3 Å². The Labute approximate surface area is 386 Å². The number of methoxy groups -OCH3 is 2. The minimum absolute atomic E-state index is 0.00556. The van der Waals surface area contributed by atoms with Gasteiger partial charge in [-0.15, -0.1) is 0 Å². The minimum atomic E-state index is -5.23. The average molecular weight is 961 g/mol. The molecule has 1 aliphatic heterocycles. The smallest absolute Gasteiger partial charge is 0.416 e. The summed E-state index contributed by atoms with van der Waals surface area (Å²) in [6.45, 7) is 12.3. The van der Waals surface area contributed by atoms with Gasteiger partial charge in [0.1, 0.15) is 30.6 Å². The second-order valence-corrected chi connectivity index (χ2v) is 19.8. The zero-order valence-corrected chi connectivity index (χ0v) is 39.0. The minimum Gasteiger partial charge on any atom is -0.496 e. The molecule has 0 unspecified atom stereocenters. The van der Waals surface area contributed by atoms with Crippen molar-refractivity contribution in [2.24, 2.45) is 0 Å². The van der Waals surface area contributed by atoms with Gasteiger partial charge in [0, 0.05) is 38.9 Å². The van der Waals surface area contributed by atoms with Gasteiger partial charge in [0.2, 0.25) is 0 Å². The predicted molar refractivity (Wildman–Crippen MR) is 239 cm³/mol. The maximum absolute atomic E-state index is 14.7. The number of rotatable bonds is 6. The molecule has 6 aromatic rings. The Kier molecular flexibility index (Phi) is 12.4. The van der Waals surface area contributed by atoms with E-state index >= 15 is 0 Å². The molecule has 0 radical (unpaired) electrons. The van der Waals surface area contributed by atoms with E-state index in [4.69, 9.17) is 9.47 Å². The lowest BCUT2D eigenvalue weighted by Gasteiger charge is -2.41. The van der Waals surface area contributed by atoms with Crippen molar-refractivity contribution in [3.05, 3.63) is 141 Å². The fraction of sp³-hybridized carbons (Fsp3) is 0.358.